The van der Waals surface area contributed by atoms with Crippen molar-refractivity contribution in [2.45, 2.75) is 0 Å². The third-order valence-electron chi connectivity index (χ3n) is 0.372. The molecule has 1 rings (SSSR count). The van der Waals surface area contributed by atoms with Crippen LogP contribution in [0.25, 0.3) is 0 Å². The molecule has 3 heteroatoms. The summed E-state index contributed by atoms with van der Waals surface area (Å²) in [4.78, 5) is 0. The molecule has 1 heterocycles. The van der Waals surface area contributed by atoms with E-state index < -0.39 is 0 Å². The van der Waals surface area contributed by atoms with Crippen molar-refractivity contribution in [3.05, 3.63) is 12.3 Å². The van der Waals surface area contributed by atoms with Crippen molar-refractivity contribution >= 4 is 25.1 Å². The summed E-state index contributed by atoms with van der Waals surface area (Å²) in [6.07, 6.45) is 5.06. The molecule has 0 aromatic carbocycles. The molecule has 27 valence electrons. The zero-order chi connectivity index (χ0) is 3.54. The quantitative estimate of drug-likeness (QED) is 0.345. The molecule has 0 spiro atoms. The molecule has 0 saturated heterocycles. The molecule has 0 saturated carbocycles. The van der Waals surface area contributed by atoms with E-state index in [1.165, 1.54) is 0 Å². The number of rotatable bonds is 0. The van der Waals surface area contributed by atoms with Gasteiger partial charge in [0.15, 0.2) is 0 Å². The Labute approximate surface area is 48.5 Å². The van der Waals surface area contributed by atoms with Crippen LogP contribution in [0.5, 0.6) is 0 Å². The second-order valence-electron chi connectivity index (χ2n) is 0.722. The Morgan fingerprint density at radius 2 is 2.17 bits per heavy atom. The zero-order valence-electron chi connectivity index (χ0n) is 2.63. The fourth-order valence-corrected chi connectivity index (χ4v) is 0.192. The normalized spacial score (nSPS) is 13.3. The molecule has 0 unspecified atom stereocenters. The van der Waals surface area contributed by atoms with E-state index in [4.69, 9.17) is 0 Å². The molecule has 1 aliphatic rings. The summed E-state index contributed by atoms with van der Waals surface area (Å²) in [5.74, 6) is 0. The van der Waals surface area contributed by atoms with Crippen molar-refractivity contribution in [1.82, 2.24) is 5.43 Å². The van der Waals surface area contributed by atoms with Crippen molar-refractivity contribution in [3.8, 4) is 0 Å². The third kappa shape index (κ3) is 1.30. The van der Waals surface area contributed by atoms with Gasteiger partial charge in [0.25, 0.3) is 0 Å². The van der Waals surface area contributed by atoms with E-state index in [1.54, 1.807) is 18.5 Å². The second kappa shape index (κ2) is 3.02. The predicted molar refractivity (Wildman–Crippen MR) is 26.9 cm³/mol. The van der Waals surface area contributed by atoms with Crippen LogP contribution >= 0.6 is 0 Å². The molecule has 1 aliphatic heterocycles. The standard InChI is InChI=1S/C3H3N2.Li.H/c1-2-4-5-3-1;;/h1-3H;;. The topological polar surface area (TPSA) is 26.5 Å². The first-order chi connectivity index (χ1) is 2.50. The molecule has 0 aromatic heterocycles. The van der Waals surface area contributed by atoms with Crippen LogP contribution in [0.1, 0.15) is 0 Å². The summed E-state index contributed by atoms with van der Waals surface area (Å²) >= 11 is 0. The zero-order valence-corrected chi connectivity index (χ0v) is 2.63. The SMILES string of the molecule is C1=C[N]N=C1.[LiH]. The Morgan fingerprint density at radius 1 is 1.33 bits per heavy atom. The average Bonchev–Trinajstić information content (AvgIpc) is 1.76. The van der Waals surface area contributed by atoms with Crippen molar-refractivity contribution in [2.24, 2.45) is 5.10 Å². The molecule has 6 heavy (non-hydrogen) atoms. The van der Waals surface area contributed by atoms with E-state index in [2.05, 4.69) is 10.5 Å². The fraction of sp³-hybridized carbons (Fsp3) is 0. The Hall–Kier alpha value is -0.193. The molecule has 0 bridgehead atoms. The van der Waals surface area contributed by atoms with E-state index in [1.807, 2.05) is 0 Å². The van der Waals surface area contributed by atoms with Crippen LogP contribution in [0.4, 0.5) is 0 Å². The molecule has 0 aliphatic carbocycles. The minimum absolute atomic E-state index is 0. The Balaban J connectivity index is 0.000000250. The summed E-state index contributed by atoms with van der Waals surface area (Å²) < 4.78 is 0. The molecule has 0 N–H and O–H groups in total. The summed E-state index contributed by atoms with van der Waals surface area (Å²) in [5.41, 5.74) is 3.47. The van der Waals surface area contributed by atoms with Gasteiger partial charge in [-0.3, -0.25) is 0 Å². The van der Waals surface area contributed by atoms with Crippen LogP contribution in [0.15, 0.2) is 17.4 Å². The van der Waals surface area contributed by atoms with Gasteiger partial charge in [-0.2, -0.15) is 10.5 Å². The second-order valence-corrected chi connectivity index (χ2v) is 0.722. The maximum atomic E-state index is 3.47. The molecule has 0 fully saturated rings. The van der Waals surface area contributed by atoms with Crippen molar-refractivity contribution in [1.29, 1.82) is 0 Å². The van der Waals surface area contributed by atoms with Crippen LogP contribution in [0.2, 0.25) is 0 Å². The Kier molecular flexibility index (Phi) is 2.92. The van der Waals surface area contributed by atoms with Gasteiger partial charge in [-0.15, -0.1) is 0 Å². The van der Waals surface area contributed by atoms with Gasteiger partial charge in [-0.25, -0.2) is 0 Å². The van der Waals surface area contributed by atoms with E-state index in [0.717, 1.165) is 0 Å². The van der Waals surface area contributed by atoms with E-state index in [-0.39, 0.29) is 18.9 Å². The van der Waals surface area contributed by atoms with E-state index in [0.29, 0.717) is 0 Å². The van der Waals surface area contributed by atoms with E-state index in [9.17, 15) is 0 Å². The molecule has 0 atom stereocenters. The maximum absolute atomic E-state index is 3.47. The van der Waals surface area contributed by atoms with Gasteiger partial charge in [-0.05, 0) is 6.08 Å². The van der Waals surface area contributed by atoms with Crippen molar-refractivity contribution in [2.75, 3.05) is 0 Å². The Bertz CT molecular complexity index is 66.9. The monoisotopic (exact) mass is 75.1 g/mol. The number of nitrogens with zero attached hydrogens (tertiary/aromatic N) is 2. The number of hydrogen-bond donors (Lipinski definition) is 0. The summed E-state index contributed by atoms with van der Waals surface area (Å²) in [7, 11) is 0. The first-order valence-corrected chi connectivity index (χ1v) is 1.38. The van der Waals surface area contributed by atoms with Gasteiger partial charge in [-0.1, -0.05) is 0 Å². The third-order valence-corrected chi connectivity index (χ3v) is 0.372. The van der Waals surface area contributed by atoms with E-state index >= 15 is 0 Å². The van der Waals surface area contributed by atoms with Crippen molar-refractivity contribution < 1.29 is 0 Å². The Morgan fingerprint density at radius 3 is 2.33 bits per heavy atom. The average molecular weight is 75.0 g/mol. The van der Waals surface area contributed by atoms with Gasteiger partial charge < -0.3 is 0 Å². The molecule has 0 amide bonds. The van der Waals surface area contributed by atoms with Gasteiger partial charge in [0, 0.05) is 0 Å². The van der Waals surface area contributed by atoms with Crippen LogP contribution < -0.4 is 5.43 Å². The van der Waals surface area contributed by atoms with Gasteiger partial charge in [0.1, 0.15) is 0 Å². The van der Waals surface area contributed by atoms with Gasteiger partial charge in [0.2, 0.25) is 0 Å². The van der Waals surface area contributed by atoms with Gasteiger partial charge in [0.05, 0.1) is 12.4 Å². The molecule has 0 aromatic rings. The summed E-state index contributed by atoms with van der Waals surface area (Å²) in [6.45, 7) is 0. The summed E-state index contributed by atoms with van der Waals surface area (Å²) in [6, 6.07) is 0. The molecule has 1 radical (unpaired) electrons. The first kappa shape index (κ1) is 5.81. The van der Waals surface area contributed by atoms with Crippen LogP contribution in [0.3, 0.4) is 0 Å². The van der Waals surface area contributed by atoms with Crippen LogP contribution in [-0.2, 0) is 0 Å². The van der Waals surface area contributed by atoms with Gasteiger partial charge >= 0.3 is 18.9 Å². The first-order valence-electron chi connectivity index (χ1n) is 1.38. The summed E-state index contributed by atoms with van der Waals surface area (Å²) in [5, 5.41) is 3.47. The minimum atomic E-state index is 0. The number of hydrogen-bond acceptors (Lipinski definition) is 1. The van der Waals surface area contributed by atoms with Crippen LogP contribution in [0, 0.1) is 0 Å². The fourth-order valence-electron chi connectivity index (χ4n) is 0.192. The molecule has 2 nitrogen and oxygen atoms in total. The number of allylic oxidation sites excluding steroid dienone is 1. The predicted octanol–water partition coefficient (Wildman–Crippen LogP) is -0.545. The van der Waals surface area contributed by atoms with Crippen LogP contribution in [-0.4, -0.2) is 25.1 Å². The van der Waals surface area contributed by atoms with Crippen molar-refractivity contribution in [3.63, 3.8) is 0 Å². The molecular formula is C3H4LiN2. The molecular weight excluding hydrogens is 71.0 g/mol.